The minimum absolute atomic E-state index is 0.274. The van der Waals surface area contributed by atoms with E-state index >= 15 is 0 Å². The SMILES string of the molecule is CCN(CC)c1cc(C)c2cc(NC(=O)c3cc(OC)c(OC)c(OC)c3)ccc2n1. The minimum Gasteiger partial charge on any atom is -0.493 e. The van der Waals surface area contributed by atoms with E-state index in [2.05, 4.69) is 37.1 Å². The van der Waals surface area contributed by atoms with Crippen LogP contribution in [0.4, 0.5) is 11.5 Å². The van der Waals surface area contributed by atoms with Crippen LogP contribution >= 0.6 is 0 Å². The van der Waals surface area contributed by atoms with Crippen molar-refractivity contribution in [3.05, 3.63) is 47.5 Å². The van der Waals surface area contributed by atoms with Crippen LogP contribution in [-0.2, 0) is 0 Å². The van der Waals surface area contributed by atoms with Gasteiger partial charge in [0.2, 0.25) is 5.75 Å². The molecule has 0 aliphatic rings. The summed E-state index contributed by atoms with van der Waals surface area (Å²) in [6.45, 7) is 8.09. The molecule has 1 heterocycles. The van der Waals surface area contributed by atoms with Crippen molar-refractivity contribution in [3.8, 4) is 17.2 Å². The number of methoxy groups -OCH3 is 3. The van der Waals surface area contributed by atoms with E-state index in [0.29, 0.717) is 28.5 Å². The molecule has 0 saturated carbocycles. The molecule has 0 saturated heterocycles. The molecule has 0 unspecified atom stereocenters. The molecular formula is C24H29N3O4. The molecule has 7 heteroatoms. The normalized spacial score (nSPS) is 10.6. The highest BCUT2D eigenvalue weighted by atomic mass is 16.5. The Bertz CT molecular complexity index is 1070. The number of aromatic nitrogens is 1. The Balaban J connectivity index is 1.92. The number of benzene rings is 2. The second-order valence-electron chi connectivity index (χ2n) is 7.07. The zero-order valence-corrected chi connectivity index (χ0v) is 18.9. The molecule has 1 N–H and O–H groups in total. The summed E-state index contributed by atoms with van der Waals surface area (Å²) in [5, 5.41) is 3.95. The molecule has 7 nitrogen and oxygen atoms in total. The number of rotatable bonds is 8. The fourth-order valence-corrected chi connectivity index (χ4v) is 3.58. The number of anilines is 2. The van der Waals surface area contributed by atoms with Crippen LogP contribution in [0.1, 0.15) is 29.8 Å². The summed E-state index contributed by atoms with van der Waals surface area (Å²) < 4.78 is 16.0. The Morgan fingerprint density at radius 3 is 2.16 bits per heavy atom. The third-order valence-electron chi connectivity index (χ3n) is 5.27. The third kappa shape index (κ3) is 4.50. The predicted molar refractivity (Wildman–Crippen MR) is 124 cm³/mol. The molecule has 3 aromatic rings. The highest BCUT2D eigenvalue weighted by molar-refractivity contribution is 6.06. The van der Waals surface area contributed by atoms with Crippen LogP contribution in [0.3, 0.4) is 0 Å². The van der Waals surface area contributed by atoms with Crippen LogP contribution in [0.5, 0.6) is 17.2 Å². The van der Waals surface area contributed by atoms with Crippen molar-refractivity contribution in [2.24, 2.45) is 0 Å². The van der Waals surface area contributed by atoms with Crippen molar-refractivity contribution in [3.63, 3.8) is 0 Å². The Kier molecular flexibility index (Phi) is 6.84. The van der Waals surface area contributed by atoms with E-state index in [-0.39, 0.29) is 5.91 Å². The lowest BCUT2D eigenvalue weighted by Gasteiger charge is -2.21. The minimum atomic E-state index is -0.274. The first-order valence-electron chi connectivity index (χ1n) is 10.2. The molecule has 1 aromatic heterocycles. The van der Waals surface area contributed by atoms with Gasteiger partial charge in [0.1, 0.15) is 5.82 Å². The summed E-state index contributed by atoms with van der Waals surface area (Å²) in [4.78, 5) is 19.9. The number of hydrogen-bond acceptors (Lipinski definition) is 6. The first kappa shape index (κ1) is 22.2. The Hall–Kier alpha value is -3.48. The van der Waals surface area contributed by atoms with Gasteiger partial charge in [0.05, 0.1) is 26.8 Å². The van der Waals surface area contributed by atoms with Gasteiger partial charge in [-0.15, -0.1) is 0 Å². The highest BCUT2D eigenvalue weighted by Crippen LogP contribution is 2.38. The number of pyridine rings is 1. The molecule has 2 aromatic carbocycles. The van der Waals surface area contributed by atoms with Crippen molar-refractivity contribution in [1.82, 2.24) is 4.98 Å². The summed E-state index contributed by atoms with van der Waals surface area (Å²) in [7, 11) is 4.56. The first-order valence-corrected chi connectivity index (χ1v) is 10.2. The summed E-state index contributed by atoms with van der Waals surface area (Å²) >= 11 is 0. The van der Waals surface area contributed by atoms with Crippen molar-refractivity contribution in [2.75, 3.05) is 44.6 Å². The molecule has 164 valence electrons. The largest absolute Gasteiger partial charge is 0.493 e. The maximum absolute atomic E-state index is 12.9. The molecular weight excluding hydrogens is 394 g/mol. The van der Waals surface area contributed by atoms with Crippen LogP contribution in [0.25, 0.3) is 10.9 Å². The molecule has 0 bridgehead atoms. The van der Waals surface area contributed by atoms with Gasteiger partial charge in [-0.2, -0.15) is 0 Å². The molecule has 0 atom stereocenters. The molecule has 0 aliphatic heterocycles. The van der Waals surface area contributed by atoms with Gasteiger partial charge >= 0.3 is 0 Å². The number of carbonyl (C=O) groups excluding carboxylic acids is 1. The van der Waals surface area contributed by atoms with Gasteiger partial charge in [0, 0.05) is 29.7 Å². The van der Waals surface area contributed by atoms with E-state index < -0.39 is 0 Å². The van der Waals surface area contributed by atoms with Gasteiger partial charge in [0.25, 0.3) is 5.91 Å². The number of nitrogens with zero attached hydrogens (tertiary/aromatic N) is 2. The smallest absolute Gasteiger partial charge is 0.255 e. The molecule has 0 spiro atoms. The lowest BCUT2D eigenvalue weighted by molar-refractivity contribution is 0.102. The number of carbonyl (C=O) groups is 1. The fraction of sp³-hybridized carbons (Fsp3) is 0.333. The maximum Gasteiger partial charge on any atom is 0.255 e. The van der Waals surface area contributed by atoms with E-state index in [9.17, 15) is 4.79 Å². The van der Waals surface area contributed by atoms with Crippen LogP contribution in [0, 0.1) is 6.92 Å². The molecule has 31 heavy (non-hydrogen) atoms. The van der Waals surface area contributed by atoms with Gasteiger partial charge in [-0.3, -0.25) is 4.79 Å². The van der Waals surface area contributed by atoms with E-state index in [1.165, 1.54) is 21.3 Å². The Morgan fingerprint density at radius 1 is 0.968 bits per heavy atom. The third-order valence-corrected chi connectivity index (χ3v) is 5.27. The molecule has 1 amide bonds. The summed E-state index contributed by atoms with van der Waals surface area (Å²) in [5.41, 5.74) is 3.09. The average Bonchev–Trinajstić information content (AvgIpc) is 2.79. The van der Waals surface area contributed by atoms with Crippen LogP contribution in [0.2, 0.25) is 0 Å². The quantitative estimate of drug-likeness (QED) is 0.568. The van der Waals surface area contributed by atoms with Crippen LogP contribution < -0.4 is 24.4 Å². The van der Waals surface area contributed by atoms with Gasteiger partial charge < -0.3 is 24.4 Å². The average molecular weight is 424 g/mol. The fourth-order valence-electron chi connectivity index (χ4n) is 3.58. The molecule has 3 rings (SSSR count). The number of aryl methyl sites for hydroxylation is 1. The van der Waals surface area contributed by atoms with Crippen LogP contribution in [-0.4, -0.2) is 45.3 Å². The predicted octanol–water partition coefficient (Wildman–Crippen LogP) is 4.67. The number of fused-ring (bicyclic) bond motifs is 1. The number of amides is 1. The second-order valence-corrected chi connectivity index (χ2v) is 7.07. The summed E-state index contributed by atoms with van der Waals surface area (Å²) in [5.74, 6) is 1.98. The van der Waals surface area contributed by atoms with Gasteiger partial charge in [-0.1, -0.05) is 0 Å². The maximum atomic E-state index is 12.9. The van der Waals surface area contributed by atoms with Gasteiger partial charge in [0.15, 0.2) is 11.5 Å². The Labute approximate surface area is 182 Å². The van der Waals surface area contributed by atoms with E-state index in [1.54, 1.807) is 12.1 Å². The van der Waals surface area contributed by atoms with Crippen LogP contribution in [0.15, 0.2) is 36.4 Å². The van der Waals surface area contributed by atoms with Crippen molar-refractivity contribution in [2.45, 2.75) is 20.8 Å². The van der Waals surface area contributed by atoms with Crippen molar-refractivity contribution in [1.29, 1.82) is 0 Å². The van der Waals surface area contributed by atoms with E-state index in [1.807, 2.05) is 18.2 Å². The number of nitrogens with one attached hydrogen (secondary N) is 1. The molecule has 0 aliphatic carbocycles. The van der Waals surface area contributed by atoms with Gasteiger partial charge in [-0.25, -0.2) is 4.98 Å². The van der Waals surface area contributed by atoms with E-state index in [4.69, 9.17) is 19.2 Å². The standard InChI is InChI=1S/C24H29N3O4/c1-7-27(8-2)22-11-15(3)18-14-17(9-10-19(18)26-22)25-24(28)16-12-20(29-4)23(31-6)21(13-16)30-5/h9-14H,7-8H2,1-6H3,(H,25,28). The molecule has 0 radical (unpaired) electrons. The zero-order valence-electron chi connectivity index (χ0n) is 18.9. The van der Waals surface area contributed by atoms with Crippen molar-refractivity contribution >= 4 is 28.3 Å². The van der Waals surface area contributed by atoms with Crippen molar-refractivity contribution < 1.29 is 19.0 Å². The number of hydrogen-bond donors (Lipinski definition) is 1. The first-order chi connectivity index (χ1) is 14.9. The lowest BCUT2D eigenvalue weighted by Crippen LogP contribution is -2.23. The lowest BCUT2D eigenvalue weighted by atomic mass is 10.1. The van der Waals surface area contributed by atoms with Gasteiger partial charge in [-0.05, 0) is 62.7 Å². The Morgan fingerprint density at radius 2 is 1.61 bits per heavy atom. The highest BCUT2D eigenvalue weighted by Gasteiger charge is 2.17. The second kappa shape index (κ2) is 9.55. The topological polar surface area (TPSA) is 72.9 Å². The summed E-state index contributed by atoms with van der Waals surface area (Å²) in [6, 6.07) is 11.1. The monoisotopic (exact) mass is 423 g/mol. The summed E-state index contributed by atoms with van der Waals surface area (Å²) in [6.07, 6.45) is 0. The molecule has 0 fully saturated rings. The number of ether oxygens (including phenoxy) is 3. The van der Waals surface area contributed by atoms with E-state index in [0.717, 1.165) is 35.4 Å². The zero-order chi connectivity index (χ0) is 22.5.